The van der Waals surface area contributed by atoms with Crippen LogP contribution in [0.15, 0.2) is 35.5 Å². The van der Waals surface area contributed by atoms with E-state index in [0.29, 0.717) is 12.2 Å². The van der Waals surface area contributed by atoms with Gasteiger partial charge in [-0.3, -0.25) is 4.21 Å². The molecule has 0 saturated carbocycles. The van der Waals surface area contributed by atoms with Crippen LogP contribution in [0.4, 0.5) is 4.39 Å². The predicted molar refractivity (Wildman–Crippen MR) is 74.6 cm³/mol. The van der Waals surface area contributed by atoms with Crippen molar-refractivity contribution in [1.29, 1.82) is 0 Å². The van der Waals surface area contributed by atoms with Crippen LogP contribution in [0, 0.1) is 0 Å². The standard InChI is InChI=1S/C14H16FN3OS/c1-9(2)20(19)14-16-13-11(15)8-12(18(13)17-14)10-6-4-3-5-7-10/h3-7,9,11-12H,8H2,1-2H3/t11-,12-,20?/m0/s1. The lowest BCUT2D eigenvalue weighted by Crippen LogP contribution is -2.11. The fourth-order valence-corrected chi connectivity index (χ4v) is 3.18. The molecule has 1 aliphatic rings. The molecule has 0 amide bonds. The van der Waals surface area contributed by atoms with E-state index in [1.807, 2.05) is 44.2 Å². The van der Waals surface area contributed by atoms with Crippen molar-refractivity contribution in [3.63, 3.8) is 0 Å². The zero-order valence-corrected chi connectivity index (χ0v) is 12.2. The monoisotopic (exact) mass is 293 g/mol. The number of rotatable bonds is 3. The number of nitrogens with zero attached hydrogens (tertiary/aromatic N) is 3. The van der Waals surface area contributed by atoms with E-state index < -0.39 is 17.0 Å². The van der Waals surface area contributed by atoms with Crippen LogP contribution in [0.3, 0.4) is 0 Å². The van der Waals surface area contributed by atoms with Crippen LogP contribution >= 0.6 is 0 Å². The van der Waals surface area contributed by atoms with Crippen molar-refractivity contribution in [2.75, 3.05) is 0 Å². The number of aromatic nitrogens is 3. The molecule has 1 unspecified atom stereocenters. The van der Waals surface area contributed by atoms with Gasteiger partial charge in [-0.15, -0.1) is 5.10 Å². The predicted octanol–water partition coefficient (Wildman–Crippen LogP) is 2.80. The minimum atomic E-state index is -1.29. The van der Waals surface area contributed by atoms with E-state index >= 15 is 0 Å². The third kappa shape index (κ3) is 2.18. The van der Waals surface area contributed by atoms with Gasteiger partial charge in [0, 0.05) is 11.7 Å². The average molecular weight is 293 g/mol. The fourth-order valence-electron chi connectivity index (χ4n) is 2.41. The highest BCUT2D eigenvalue weighted by molar-refractivity contribution is 7.85. The third-order valence-corrected chi connectivity index (χ3v) is 4.83. The van der Waals surface area contributed by atoms with Gasteiger partial charge in [0.05, 0.1) is 16.8 Å². The second-order valence-corrected chi connectivity index (χ2v) is 7.08. The van der Waals surface area contributed by atoms with Gasteiger partial charge in [0.15, 0.2) is 12.0 Å². The molecule has 0 N–H and O–H groups in total. The van der Waals surface area contributed by atoms with E-state index in [-0.39, 0.29) is 16.4 Å². The molecule has 20 heavy (non-hydrogen) atoms. The molecule has 2 heterocycles. The number of alkyl halides is 1. The smallest absolute Gasteiger partial charge is 0.239 e. The molecule has 0 spiro atoms. The van der Waals surface area contributed by atoms with E-state index in [1.165, 1.54) is 0 Å². The van der Waals surface area contributed by atoms with Crippen LogP contribution in [0.5, 0.6) is 0 Å². The Bertz CT molecular complexity index is 641. The molecule has 4 nitrogen and oxygen atoms in total. The first-order valence-electron chi connectivity index (χ1n) is 6.64. The summed E-state index contributed by atoms with van der Waals surface area (Å²) in [6, 6.07) is 9.51. The lowest BCUT2D eigenvalue weighted by atomic mass is 10.0. The molecular weight excluding hydrogens is 277 g/mol. The van der Waals surface area contributed by atoms with E-state index in [9.17, 15) is 8.60 Å². The molecule has 0 saturated heterocycles. The summed E-state index contributed by atoms with van der Waals surface area (Å²) in [6.07, 6.45) is -0.806. The topological polar surface area (TPSA) is 47.8 Å². The van der Waals surface area contributed by atoms with Gasteiger partial charge in [0.2, 0.25) is 5.16 Å². The van der Waals surface area contributed by atoms with Crippen molar-refractivity contribution in [3.05, 3.63) is 41.7 Å². The molecule has 3 atom stereocenters. The molecule has 0 fully saturated rings. The maximum atomic E-state index is 14.1. The zero-order chi connectivity index (χ0) is 14.3. The summed E-state index contributed by atoms with van der Waals surface area (Å²) in [5, 5.41) is 4.44. The van der Waals surface area contributed by atoms with Gasteiger partial charge < -0.3 is 0 Å². The van der Waals surface area contributed by atoms with E-state index in [4.69, 9.17) is 0 Å². The summed E-state index contributed by atoms with van der Waals surface area (Å²) >= 11 is 0. The third-order valence-electron chi connectivity index (χ3n) is 3.44. The highest BCUT2D eigenvalue weighted by atomic mass is 32.2. The summed E-state index contributed by atoms with van der Waals surface area (Å²) in [6.45, 7) is 3.67. The molecule has 6 heteroatoms. The van der Waals surface area contributed by atoms with Crippen LogP contribution < -0.4 is 0 Å². The average Bonchev–Trinajstić information content (AvgIpc) is 3.00. The summed E-state index contributed by atoms with van der Waals surface area (Å²) in [4.78, 5) is 4.15. The molecule has 0 bridgehead atoms. The second kappa shape index (κ2) is 5.09. The van der Waals surface area contributed by atoms with Crippen LogP contribution in [0.25, 0.3) is 0 Å². The van der Waals surface area contributed by atoms with E-state index in [1.54, 1.807) is 4.68 Å². The van der Waals surface area contributed by atoms with E-state index in [0.717, 1.165) is 5.56 Å². The van der Waals surface area contributed by atoms with Gasteiger partial charge in [-0.05, 0) is 5.56 Å². The number of benzene rings is 1. The van der Waals surface area contributed by atoms with Gasteiger partial charge in [-0.1, -0.05) is 44.2 Å². The highest BCUT2D eigenvalue weighted by Crippen LogP contribution is 2.39. The van der Waals surface area contributed by atoms with E-state index in [2.05, 4.69) is 10.1 Å². The van der Waals surface area contributed by atoms with Gasteiger partial charge in [0.1, 0.15) is 0 Å². The van der Waals surface area contributed by atoms with Crippen molar-refractivity contribution >= 4 is 10.8 Å². The second-order valence-electron chi connectivity index (χ2n) is 5.17. The van der Waals surface area contributed by atoms with Crippen molar-refractivity contribution in [3.8, 4) is 0 Å². The van der Waals surface area contributed by atoms with Gasteiger partial charge >= 0.3 is 0 Å². The quantitative estimate of drug-likeness (QED) is 0.874. The molecule has 1 aromatic carbocycles. The first-order valence-corrected chi connectivity index (χ1v) is 7.85. The SMILES string of the molecule is CC(C)S(=O)c1nc2n(n1)[C@H](c1ccccc1)C[C@@H]2F. The Labute approximate surface area is 119 Å². The normalized spacial score (nSPS) is 23.0. The van der Waals surface area contributed by atoms with Crippen LogP contribution in [0.1, 0.15) is 43.9 Å². The Morgan fingerprint density at radius 2 is 2.05 bits per heavy atom. The van der Waals surface area contributed by atoms with Crippen LogP contribution in [-0.2, 0) is 10.8 Å². The molecule has 106 valence electrons. The highest BCUT2D eigenvalue weighted by Gasteiger charge is 2.36. The molecule has 1 aromatic heterocycles. The molecule has 0 radical (unpaired) electrons. The largest absolute Gasteiger partial charge is 0.251 e. The molecule has 3 rings (SSSR count). The van der Waals surface area contributed by atoms with Crippen molar-refractivity contribution in [1.82, 2.24) is 14.8 Å². The summed E-state index contributed by atoms with van der Waals surface area (Å²) < 4.78 is 27.8. The number of hydrogen-bond donors (Lipinski definition) is 0. The Kier molecular flexibility index (Phi) is 3.41. The minimum Gasteiger partial charge on any atom is -0.251 e. The molecule has 0 aliphatic carbocycles. The minimum absolute atomic E-state index is 0.0774. The fraction of sp³-hybridized carbons (Fsp3) is 0.429. The number of hydrogen-bond acceptors (Lipinski definition) is 3. The van der Waals surface area contributed by atoms with Crippen molar-refractivity contribution < 1.29 is 8.60 Å². The summed E-state index contributed by atoms with van der Waals surface area (Å²) in [5.41, 5.74) is 1.00. The molecular formula is C14H16FN3OS. The van der Waals surface area contributed by atoms with Crippen molar-refractivity contribution in [2.24, 2.45) is 0 Å². The van der Waals surface area contributed by atoms with Gasteiger partial charge in [-0.2, -0.15) is 0 Å². The number of fused-ring (bicyclic) bond motifs is 1. The van der Waals surface area contributed by atoms with Crippen LogP contribution in [0.2, 0.25) is 0 Å². The van der Waals surface area contributed by atoms with Gasteiger partial charge in [-0.25, -0.2) is 14.1 Å². The number of halogens is 1. The van der Waals surface area contributed by atoms with Gasteiger partial charge in [0.25, 0.3) is 0 Å². The van der Waals surface area contributed by atoms with Crippen LogP contribution in [-0.4, -0.2) is 24.2 Å². The summed E-state index contributed by atoms with van der Waals surface area (Å²) in [7, 11) is -1.29. The molecule has 2 aromatic rings. The maximum Gasteiger partial charge on any atom is 0.239 e. The lowest BCUT2D eigenvalue weighted by molar-refractivity contribution is 0.327. The zero-order valence-electron chi connectivity index (χ0n) is 11.4. The Balaban J connectivity index is 2.00. The first-order chi connectivity index (χ1) is 9.58. The Morgan fingerprint density at radius 1 is 1.35 bits per heavy atom. The summed E-state index contributed by atoms with van der Waals surface area (Å²) in [5.74, 6) is 0.294. The maximum absolute atomic E-state index is 14.1. The molecule has 1 aliphatic heterocycles. The Hall–Kier alpha value is -1.56. The lowest BCUT2D eigenvalue weighted by Gasteiger charge is -2.11. The first kappa shape index (κ1) is 13.4. The Morgan fingerprint density at radius 3 is 2.70 bits per heavy atom. The van der Waals surface area contributed by atoms with Crippen molar-refractivity contribution in [2.45, 2.75) is 42.9 Å².